The molecule has 0 radical (unpaired) electrons. The van der Waals surface area contributed by atoms with Crippen molar-refractivity contribution in [1.29, 1.82) is 0 Å². The average molecular weight is 528 g/mol. The molecule has 0 saturated carbocycles. The summed E-state index contributed by atoms with van der Waals surface area (Å²) >= 11 is 0. The summed E-state index contributed by atoms with van der Waals surface area (Å²) in [5.74, 6) is -3.32. The zero-order chi connectivity index (χ0) is 28.3. The number of nitrogens with zero attached hydrogens (tertiary/aromatic N) is 2. The molecule has 3 N–H and O–H groups in total. The lowest BCUT2D eigenvalue weighted by molar-refractivity contribution is -0.135. The van der Waals surface area contributed by atoms with Gasteiger partial charge >= 0.3 is 11.7 Å². The molecule has 0 aliphatic heterocycles. The maximum absolute atomic E-state index is 13.8. The van der Waals surface area contributed by atoms with Crippen LogP contribution < -0.4 is 16.6 Å². The number of carbonyl (C=O) groups is 2. The van der Waals surface area contributed by atoms with E-state index in [1.54, 1.807) is 36.4 Å². The molecule has 0 aliphatic rings. The van der Waals surface area contributed by atoms with Crippen LogP contribution in [0.25, 0.3) is 16.8 Å². The van der Waals surface area contributed by atoms with Gasteiger partial charge in [-0.15, -0.1) is 0 Å². The summed E-state index contributed by atoms with van der Waals surface area (Å²) in [6, 6.07) is 23.3. The van der Waals surface area contributed by atoms with E-state index in [-0.39, 0.29) is 17.6 Å². The summed E-state index contributed by atoms with van der Waals surface area (Å²) in [6.45, 7) is 5.26. The summed E-state index contributed by atoms with van der Waals surface area (Å²) in [7, 11) is 0. The summed E-state index contributed by atoms with van der Waals surface area (Å²) < 4.78 is 1.77. The number of para-hydroxylation sites is 1. The highest BCUT2D eigenvalue weighted by atomic mass is 16.4. The molecule has 3 aromatic carbocycles. The van der Waals surface area contributed by atoms with Gasteiger partial charge in [0, 0.05) is 5.56 Å². The molecule has 0 spiro atoms. The maximum Gasteiger partial charge on any atom is 0.338 e. The number of carboxylic acids is 1. The highest BCUT2D eigenvalue weighted by molar-refractivity contribution is 5.97. The second-order valence-electron chi connectivity index (χ2n) is 10.1. The predicted octanol–water partition coefficient (Wildman–Crippen LogP) is 3.53. The van der Waals surface area contributed by atoms with E-state index in [0.29, 0.717) is 11.1 Å². The molecule has 4 rings (SSSR count). The van der Waals surface area contributed by atoms with Crippen LogP contribution in [0.5, 0.6) is 5.88 Å². The summed E-state index contributed by atoms with van der Waals surface area (Å²) in [6.07, 6.45) is 0. The third-order valence-corrected chi connectivity index (χ3v) is 6.33. The lowest BCUT2D eigenvalue weighted by Gasteiger charge is -2.20. The van der Waals surface area contributed by atoms with Crippen LogP contribution in [0.15, 0.2) is 88.5 Å². The summed E-state index contributed by atoms with van der Waals surface area (Å²) in [5.41, 5.74) is 0.542. The van der Waals surface area contributed by atoms with Crippen LogP contribution in [0.2, 0.25) is 0 Å². The van der Waals surface area contributed by atoms with Crippen LogP contribution in [0.1, 0.15) is 42.3 Å². The number of rotatable bonds is 7. The molecular formula is C30H29N3O6. The monoisotopic (exact) mass is 527 g/mol. The normalized spacial score (nSPS) is 11.3. The molecule has 0 aliphatic carbocycles. The van der Waals surface area contributed by atoms with Crippen LogP contribution >= 0.6 is 0 Å². The fraction of sp³-hybridized carbons (Fsp3) is 0.200. The van der Waals surface area contributed by atoms with E-state index in [0.717, 1.165) is 20.3 Å². The van der Waals surface area contributed by atoms with Crippen LogP contribution in [0.4, 0.5) is 0 Å². The second-order valence-corrected chi connectivity index (χ2v) is 10.1. The van der Waals surface area contributed by atoms with E-state index < -0.39 is 41.1 Å². The molecule has 0 unspecified atom stereocenters. The average Bonchev–Trinajstić information content (AvgIpc) is 2.90. The van der Waals surface area contributed by atoms with Gasteiger partial charge in [0.25, 0.3) is 11.5 Å². The fourth-order valence-corrected chi connectivity index (χ4v) is 4.26. The quantitative estimate of drug-likeness (QED) is 0.337. The Hall–Kier alpha value is -4.92. The molecule has 4 aromatic rings. The molecule has 0 bridgehead atoms. The Balaban J connectivity index is 1.95. The first kappa shape index (κ1) is 27.1. The van der Waals surface area contributed by atoms with Crippen molar-refractivity contribution >= 4 is 11.9 Å². The van der Waals surface area contributed by atoms with Crippen LogP contribution in [-0.4, -0.2) is 37.8 Å². The van der Waals surface area contributed by atoms with Crippen molar-refractivity contribution in [3.63, 3.8) is 0 Å². The third kappa shape index (κ3) is 5.67. The molecule has 0 atom stereocenters. The standard InChI is InChI=1S/C30H29N3O6/c1-30(2,3)21-15-13-19(14-16-21)18-32-27(37)25(26(36)31-17-24(34)35)28(38)33(29(32)39)23-12-8-7-11-22(23)20-9-5-4-6-10-20/h4-16,38H,17-18H2,1-3H3,(H,31,36)(H,34,35). The first-order valence-corrected chi connectivity index (χ1v) is 12.3. The van der Waals surface area contributed by atoms with Crippen molar-refractivity contribution in [2.24, 2.45) is 0 Å². The number of carboxylic acid groups (broad SMARTS) is 1. The molecule has 9 heteroatoms. The van der Waals surface area contributed by atoms with E-state index in [9.17, 15) is 24.3 Å². The zero-order valence-electron chi connectivity index (χ0n) is 21.8. The highest BCUT2D eigenvalue weighted by Gasteiger charge is 2.26. The van der Waals surface area contributed by atoms with Crippen LogP contribution in [-0.2, 0) is 16.8 Å². The summed E-state index contributed by atoms with van der Waals surface area (Å²) in [5, 5.41) is 22.3. The smallest absolute Gasteiger partial charge is 0.338 e. The minimum absolute atomic E-state index is 0.100. The van der Waals surface area contributed by atoms with E-state index in [4.69, 9.17) is 5.11 Å². The molecule has 200 valence electrons. The Kier molecular flexibility index (Phi) is 7.53. The van der Waals surface area contributed by atoms with E-state index in [1.807, 2.05) is 42.5 Å². The molecule has 39 heavy (non-hydrogen) atoms. The highest BCUT2D eigenvalue weighted by Crippen LogP contribution is 2.29. The molecule has 1 aromatic heterocycles. The second kappa shape index (κ2) is 10.8. The van der Waals surface area contributed by atoms with Crippen molar-refractivity contribution in [2.45, 2.75) is 32.7 Å². The number of aromatic nitrogens is 2. The van der Waals surface area contributed by atoms with Gasteiger partial charge < -0.3 is 15.5 Å². The largest absolute Gasteiger partial charge is 0.493 e. The zero-order valence-corrected chi connectivity index (χ0v) is 21.8. The topological polar surface area (TPSA) is 131 Å². The molecule has 0 saturated heterocycles. The lowest BCUT2D eigenvalue weighted by Crippen LogP contribution is -2.44. The van der Waals surface area contributed by atoms with Crippen molar-refractivity contribution in [2.75, 3.05) is 6.54 Å². The number of hydrogen-bond acceptors (Lipinski definition) is 5. The van der Waals surface area contributed by atoms with Gasteiger partial charge in [0.05, 0.1) is 12.2 Å². The van der Waals surface area contributed by atoms with E-state index in [2.05, 4.69) is 26.1 Å². The molecule has 1 heterocycles. The minimum atomic E-state index is -1.33. The van der Waals surface area contributed by atoms with E-state index >= 15 is 0 Å². The third-order valence-electron chi connectivity index (χ3n) is 6.33. The first-order valence-electron chi connectivity index (χ1n) is 12.3. The van der Waals surface area contributed by atoms with Crippen molar-refractivity contribution in [1.82, 2.24) is 14.5 Å². The van der Waals surface area contributed by atoms with Gasteiger partial charge in [0.2, 0.25) is 5.88 Å². The lowest BCUT2D eigenvalue weighted by atomic mass is 9.87. The summed E-state index contributed by atoms with van der Waals surface area (Å²) in [4.78, 5) is 51.2. The van der Waals surface area contributed by atoms with Gasteiger partial charge in [-0.3, -0.25) is 19.0 Å². The minimum Gasteiger partial charge on any atom is -0.493 e. The number of carbonyl (C=O) groups excluding carboxylic acids is 1. The van der Waals surface area contributed by atoms with Crippen molar-refractivity contribution < 1.29 is 19.8 Å². The Bertz CT molecular complexity index is 1650. The first-order chi connectivity index (χ1) is 18.5. The van der Waals surface area contributed by atoms with Gasteiger partial charge in [0.1, 0.15) is 6.54 Å². The van der Waals surface area contributed by atoms with Gasteiger partial charge in [0.15, 0.2) is 5.56 Å². The molecular weight excluding hydrogens is 498 g/mol. The van der Waals surface area contributed by atoms with Crippen molar-refractivity contribution in [3.8, 4) is 22.7 Å². The fourth-order valence-electron chi connectivity index (χ4n) is 4.26. The molecule has 9 nitrogen and oxygen atoms in total. The van der Waals surface area contributed by atoms with Gasteiger partial charge in [-0.25, -0.2) is 9.36 Å². The molecule has 0 fully saturated rings. The number of benzene rings is 3. The van der Waals surface area contributed by atoms with Crippen LogP contribution in [0, 0.1) is 0 Å². The van der Waals surface area contributed by atoms with E-state index in [1.165, 1.54) is 0 Å². The molecule has 1 amide bonds. The Morgan fingerprint density at radius 2 is 1.49 bits per heavy atom. The Labute approximate surface area is 224 Å². The number of amides is 1. The number of hydrogen-bond donors (Lipinski definition) is 3. The maximum atomic E-state index is 13.8. The van der Waals surface area contributed by atoms with Crippen molar-refractivity contribution in [3.05, 3.63) is 116 Å². The Morgan fingerprint density at radius 1 is 0.872 bits per heavy atom. The van der Waals surface area contributed by atoms with Gasteiger partial charge in [-0.1, -0.05) is 93.6 Å². The number of aromatic hydroxyl groups is 1. The number of nitrogens with one attached hydrogen (secondary N) is 1. The number of aliphatic carboxylic acids is 1. The SMILES string of the molecule is CC(C)(C)c1ccc(Cn2c(=O)c(C(=O)NCC(=O)O)c(O)n(-c3ccccc3-c3ccccc3)c2=O)cc1. The van der Waals surface area contributed by atoms with Gasteiger partial charge in [-0.05, 0) is 28.2 Å². The predicted molar refractivity (Wildman–Crippen MR) is 148 cm³/mol. The van der Waals surface area contributed by atoms with Gasteiger partial charge in [-0.2, -0.15) is 0 Å². The Morgan fingerprint density at radius 3 is 2.10 bits per heavy atom. The van der Waals surface area contributed by atoms with Crippen LogP contribution in [0.3, 0.4) is 0 Å².